The Kier molecular flexibility index (Phi) is 10.8. The van der Waals surface area contributed by atoms with Crippen LogP contribution in [0.15, 0.2) is 59.7 Å². The number of unbranched alkanes of at least 4 members (excludes halogenated alkanes) is 1. The number of nitrogens with zero attached hydrogens (tertiary/aromatic N) is 4. The van der Waals surface area contributed by atoms with Gasteiger partial charge in [-0.15, -0.1) is 0 Å². The maximum Gasteiger partial charge on any atom is 0.256 e. The summed E-state index contributed by atoms with van der Waals surface area (Å²) in [4.78, 5) is 41.5. The summed E-state index contributed by atoms with van der Waals surface area (Å²) in [5, 5.41) is 6.26. The Bertz CT molecular complexity index is 1920. The molecule has 2 amide bonds. The fourth-order valence-corrected chi connectivity index (χ4v) is 6.18. The van der Waals surface area contributed by atoms with Crippen molar-refractivity contribution >= 4 is 41.0 Å². The normalized spacial score (nSPS) is 14.6. The van der Waals surface area contributed by atoms with Crippen LogP contribution < -0.4 is 34.3 Å². The average molecular weight is 695 g/mol. The number of carbonyl (C=O) groups excluding carboxylic acids is 2. The van der Waals surface area contributed by atoms with E-state index in [9.17, 15) is 9.59 Å². The van der Waals surface area contributed by atoms with Gasteiger partial charge in [0.05, 0.1) is 58.0 Å². The molecule has 1 fully saturated rings. The number of aromatic nitrogens is 2. The second kappa shape index (κ2) is 15.8. The summed E-state index contributed by atoms with van der Waals surface area (Å²) in [5.74, 6) is 2.78. The van der Waals surface area contributed by atoms with Crippen molar-refractivity contribution in [2.45, 2.75) is 45.1 Å². The van der Waals surface area contributed by atoms with Crippen LogP contribution in [0.5, 0.6) is 28.7 Å². The highest BCUT2D eigenvalue weighted by atomic mass is 16.5. The number of aliphatic imine (C=N–C) groups is 1. The average Bonchev–Trinajstić information content (AvgIpc) is 3.58. The van der Waals surface area contributed by atoms with Crippen LogP contribution >= 0.6 is 0 Å². The first-order valence-electron chi connectivity index (χ1n) is 16.8. The number of aryl methyl sites for hydroxylation is 1. The Hall–Kier alpha value is -5.85. The van der Waals surface area contributed by atoms with Gasteiger partial charge in [-0.3, -0.25) is 14.6 Å². The summed E-state index contributed by atoms with van der Waals surface area (Å²) in [7, 11) is 6.24. The molecule has 2 aliphatic heterocycles. The van der Waals surface area contributed by atoms with Crippen LogP contribution in [0.3, 0.4) is 0 Å². The van der Waals surface area contributed by atoms with Crippen LogP contribution in [0.4, 0.5) is 23.0 Å². The van der Waals surface area contributed by atoms with Gasteiger partial charge >= 0.3 is 0 Å². The van der Waals surface area contributed by atoms with Crippen molar-refractivity contribution in [1.29, 1.82) is 0 Å². The molecule has 6 rings (SSSR count). The van der Waals surface area contributed by atoms with Gasteiger partial charge in [0.15, 0.2) is 23.0 Å². The molecule has 3 aromatic carbocycles. The van der Waals surface area contributed by atoms with E-state index in [0.717, 1.165) is 36.2 Å². The number of methoxy groups -OCH3 is 4. The molecule has 4 aromatic rings. The standard InChI is InChI=1S/C38H42N6O7/c1-23-11-12-25(19-29(23)43-38-39-14-13-28(42-38)24-17-33(48-3)36(50-5)34(18-24)49-4)41-35(45)10-6-7-16-51-32-21-30-27(20-31(32)47-2)37(46)44-15-8-9-26(44)22-40-30/h11-14,17-22,26H,6-10,15-16H2,1-5H3,(H,41,45)(H,39,42,43)/t26-/m0/s1. The van der Waals surface area contributed by atoms with Crippen LogP contribution in [0, 0.1) is 6.92 Å². The second-order valence-electron chi connectivity index (χ2n) is 12.2. The zero-order chi connectivity index (χ0) is 35.9. The molecule has 1 aromatic heterocycles. The Labute approximate surface area is 297 Å². The maximum atomic E-state index is 13.1. The number of fused-ring (bicyclic) bond motifs is 2. The SMILES string of the molecule is COc1cc2c(cc1OCCCCC(=O)Nc1ccc(C)c(Nc3nccc(-c4cc(OC)c(OC)c(OC)c4)n3)c1)N=C[C@@H]1CCCN1C2=O. The third-order valence-electron chi connectivity index (χ3n) is 8.90. The first kappa shape index (κ1) is 35.0. The summed E-state index contributed by atoms with van der Waals surface area (Å²) in [6.45, 7) is 3.07. The Morgan fingerprint density at radius 2 is 1.71 bits per heavy atom. The number of ether oxygens (including phenoxy) is 5. The predicted molar refractivity (Wildman–Crippen MR) is 195 cm³/mol. The summed E-state index contributed by atoms with van der Waals surface area (Å²) >= 11 is 0. The van der Waals surface area contributed by atoms with Gasteiger partial charge in [-0.05, 0) is 74.6 Å². The third-order valence-corrected chi connectivity index (χ3v) is 8.90. The molecule has 0 unspecified atom stereocenters. The van der Waals surface area contributed by atoms with Crippen molar-refractivity contribution in [3.63, 3.8) is 0 Å². The predicted octanol–water partition coefficient (Wildman–Crippen LogP) is 6.74. The summed E-state index contributed by atoms with van der Waals surface area (Å²) < 4.78 is 28.0. The molecule has 3 heterocycles. The van der Waals surface area contributed by atoms with Crippen LogP contribution in [-0.4, -0.2) is 80.5 Å². The molecule has 1 atom stereocenters. The Morgan fingerprint density at radius 1 is 0.922 bits per heavy atom. The molecule has 0 saturated carbocycles. The molecule has 0 aliphatic carbocycles. The lowest BCUT2D eigenvalue weighted by Gasteiger charge is -2.20. The van der Waals surface area contributed by atoms with Gasteiger partial charge in [0.1, 0.15) is 0 Å². The zero-order valence-electron chi connectivity index (χ0n) is 29.4. The van der Waals surface area contributed by atoms with Gasteiger partial charge < -0.3 is 39.2 Å². The van der Waals surface area contributed by atoms with Crippen molar-refractivity contribution in [1.82, 2.24) is 14.9 Å². The monoisotopic (exact) mass is 694 g/mol. The lowest BCUT2D eigenvalue weighted by atomic mass is 10.1. The maximum absolute atomic E-state index is 13.1. The minimum absolute atomic E-state index is 0.0296. The van der Waals surface area contributed by atoms with E-state index in [2.05, 4.69) is 20.6 Å². The molecule has 13 heteroatoms. The second-order valence-corrected chi connectivity index (χ2v) is 12.2. The van der Waals surface area contributed by atoms with E-state index < -0.39 is 0 Å². The number of anilines is 3. The van der Waals surface area contributed by atoms with E-state index in [4.69, 9.17) is 28.7 Å². The number of rotatable bonds is 14. The molecule has 2 N–H and O–H groups in total. The lowest BCUT2D eigenvalue weighted by molar-refractivity contribution is -0.116. The van der Waals surface area contributed by atoms with Crippen LogP contribution in [-0.2, 0) is 4.79 Å². The van der Waals surface area contributed by atoms with E-state index in [1.54, 1.807) is 52.8 Å². The highest BCUT2D eigenvalue weighted by Crippen LogP contribution is 2.41. The Morgan fingerprint density at radius 3 is 2.45 bits per heavy atom. The first-order chi connectivity index (χ1) is 24.8. The molecule has 51 heavy (non-hydrogen) atoms. The topological polar surface area (TPSA) is 146 Å². The van der Waals surface area contributed by atoms with E-state index in [0.29, 0.717) is 83.2 Å². The molecule has 0 bridgehead atoms. The summed E-state index contributed by atoms with van der Waals surface area (Å²) in [5.41, 5.74) is 4.87. The molecule has 266 valence electrons. The summed E-state index contributed by atoms with van der Waals surface area (Å²) in [6, 6.07) is 14.6. The van der Waals surface area contributed by atoms with Gasteiger partial charge in [-0.25, -0.2) is 9.97 Å². The zero-order valence-corrected chi connectivity index (χ0v) is 29.4. The van der Waals surface area contributed by atoms with Gasteiger partial charge in [-0.2, -0.15) is 0 Å². The minimum atomic E-state index is -0.110. The number of carbonyl (C=O) groups is 2. The van der Waals surface area contributed by atoms with Crippen molar-refractivity contribution in [3.8, 4) is 40.0 Å². The molecule has 0 spiro atoms. The van der Waals surface area contributed by atoms with Crippen molar-refractivity contribution in [3.05, 3.63) is 65.9 Å². The molecule has 13 nitrogen and oxygen atoms in total. The van der Waals surface area contributed by atoms with E-state index >= 15 is 0 Å². The van der Waals surface area contributed by atoms with Crippen LogP contribution in [0.2, 0.25) is 0 Å². The number of hydrogen-bond acceptors (Lipinski definition) is 11. The van der Waals surface area contributed by atoms with E-state index in [-0.39, 0.29) is 17.9 Å². The molecule has 2 aliphatic rings. The van der Waals surface area contributed by atoms with Gasteiger partial charge in [-0.1, -0.05) is 6.07 Å². The number of amides is 2. The van der Waals surface area contributed by atoms with Crippen molar-refractivity contribution < 1.29 is 33.3 Å². The third kappa shape index (κ3) is 7.82. The fourth-order valence-electron chi connectivity index (χ4n) is 6.18. The largest absolute Gasteiger partial charge is 0.493 e. The smallest absolute Gasteiger partial charge is 0.256 e. The summed E-state index contributed by atoms with van der Waals surface area (Å²) in [6.07, 6.45) is 6.99. The molecule has 1 saturated heterocycles. The van der Waals surface area contributed by atoms with Crippen molar-refractivity contribution in [2.75, 3.05) is 52.2 Å². The number of hydrogen-bond donors (Lipinski definition) is 2. The fraction of sp³-hybridized carbons (Fsp3) is 0.342. The van der Waals surface area contributed by atoms with Crippen LogP contribution in [0.25, 0.3) is 11.3 Å². The van der Waals surface area contributed by atoms with Crippen molar-refractivity contribution in [2.24, 2.45) is 4.99 Å². The number of benzene rings is 3. The van der Waals surface area contributed by atoms with Gasteiger partial charge in [0.2, 0.25) is 17.6 Å². The quantitative estimate of drug-likeness (QED) is 0.136. The highest BCUT2D eigenvalue weighted by molar-refractivity contribution is 6.03. The first-order valence-corrected chi connectivity index (χ1v) is 16.8. The molecule has 0 radical (unpaired) electrons. The lowest BCUT2D eigenvalue weighted by Crippen LogP contribution is -2.35. The van der Waals surface area contributed by atoms with Crippen LogP contribution in [0.1, 0.15) is 48.0 Å². The van der Waals surface area contributed by atoms with Gasteiger partial charge in [0, 0.05) is 48.4 Å². The highest BCUT2D eigenvalue weighted by Gasteiger charge is 2.32. The number of nitrogens with one attached hydrogen (secondary N) is 2. The van der Waals surface area contributed by atoms with Gasteiger partial charge in [0.25, 0.3) is 5.91 Å². The molecular weight excluding hydrogens is 652 g/mol. The van der Waals surface area contributed by atoms with E-state index in [1.807, 2.05) is 48.4 Å². The minimum Gasteiger partial charge on any atom is -0.493 e. The Balaban J connectivity index is 1.03. The molecular formula is C38H42N6O7. The van der Waals surface area contributed by atoms with E-state index in [1.165, 1.54) is 0 Å².